The topological polar surface area (TPSA) is 37.4 Å². The highest BCUT2D eigenvalue weighted by molar-refractivity contribution is 7.24. The Balaban J connectivity index is 2.48. The van der Waals surface area contributed by atoms with E-state index < -0.39 is 0 Å². The molecule has 4 heteroatoms. The lowest BCUT2D eigenvalue weighted by molar-refractivity contribution is 0.0829. The van der Waals surface area contributed by atoms with Crippen LogP contribution in [0.1, 0.15) is 10.4 Å². The van der Waals surface area contributed by atoms with Gasteiger partial charge in [-0.15, -0.1) is 11.3 Å². The standard InChI is InChI=1S/C16H13NO2S/c1-17(2)16(19)11-7-5-9-13-14(11)15(18)10-6-3-4-8-12(10)20-13/h3-9H,1-2H3. The Morgan fingerprint density at radius 1 is 1.00 bits per heavy atom. The molecule has 2 aromatic carbocycles. The largest absolute Gasteiger partial charge is 0.345 e. The van der Waals surface area contributed by atoms with Gasteiger partial charge >= 0.3 is 0 Å². The van der Waals surface area contributed by atoms with Gasteiger partial charge in [-0.1, -0.05) is 18.2 Å². The average Bonchev–Trinajstić information content (AvgIpc) is 2.46. The van der Waals surface area contributed by atoms with E-state index in [1.165, 1.54) is 16.2 Å². The van der Waals surface area contributed by atoms with Crippen LogP contribution in [0.4, 0.5) is 0 Å². The molecule has 0 atom stereocenters. The zero-order valence-electron chi connectivity index (χ0n) is 11.2. The summed E-state index contributed by atoms with van der Waals surface area (Å²) in [6.07, 6.45) is 0. The fourth-order valence-corrected chi connectivity index (χ4v) is 3.37. The first-order valence-corrected chi connectivity index (χ1v) is 7.07. The van der Waals surface area contributed by atoms with E-state index in [2.05, 4.69) is 0 Å². The third kappa shape index (κ3) is 1.89. The number of nitrogens with zero attached hydrogens (tertiary/aromatic N) is 1. The van der Waals surface area contributed by atoms with Gasteiger partial charge in [-0.25, -0.2) is 0 Å². The molecule has 3 nitrogen and oxygen atoms in total. The summed E-state index contributed by atoms with van der Waals surface area (Å²) in [5.74, 6) is -0.143. The first-order chi connectivity index (χ1) is 9.59. The second-order valence-corrected chi connectivity index (χ2v) is 5.89. The zero-order valence-corrected chi connectivity index (χ0v) is 12.0. The lowest BCUT2D eigenvalue weighted by Gasteiger charge is -2.12. The predicted molar refractivity (Wildman–Crippen MR) is 83.6 cm³/mol. The van der Waals surface area contributed by atoms with E-state index in [4.69, 9.17) is 0 Å². The molecule has 0 saturated carbocycles. The zero-order chi connectivity index (χ0) is 14.3. The van der Waals surface area contributed by atoms with E-state index in [9.17, 15) is 9.59 Å². The molecule has 0 bridgehead atoms. The average molecular weight is 283 g/mol. The minimum absolute atomic E-state index is 0.0693. The molecule has 0 spiro atoms. The number of hydrogen-bond donors (Lipinski definition) is 0. The summed E-state index contributed by atoms with van der Waals surface area (Å²) in [6.45, 7) is 0. The molecule has 3 aromatic rings. The third-order valence-corrected chi connectivity index (χ3v) is 4.38. The molecule has 100 valence electrons. The molecule has 3 rings (SSSR count). The van der Waals surface area contributed by atoms with E-state index in [0.717, 1.165) is 9.40 Å². The fourth-order valence-electron chi connectivity index (χ4n) is 2.27. The summed E-state index contributed by atoms with van der Waals surface area (Å²) in [4.78, 5) is 26.4. The monoisotopic (exact) mass is 283 g/mol. The summed E-state index contributed by atoms with van der Waals surface area (Å²) in [7, 11) is 3.38. The number of fused-ring (bicyclic) bond motifs is 2. The van der Waals surface area contributed by atoms with Crippen LogP contribution in [-0.2, 0) is 0 Å². The smallest absolute Gasteiger partial charge is 0.254 e. The Morgan fingerprint density at radius 2 is 1.70 bits per heavy atom. The molecular weight excluding hydrogens is 270 g/mol. The Kier molecular flexibility index (Phi) is 3.03. The van der Waals surface area contributed by atoms with Gasteiger partial charge in [0.25, 0.3) is 5.91 Å². The van der Waals surface area contributed by atoms with Gasteiger partial charge in [-0.3, -0.25) is 9.59 Å². The third-order valence-electron chi connectivity index (χ3n) is 3.24. The molecule has 0 aliphatic carbocycles. The molecule has 0 aliphatic heterocycles. The van der Waals surface area contributed by atoms with Gasteiger partial charge in [0.1, 0.15) is 0 Å². The van der Waals surface area contributed by atoms with Gasteiger partial charge in [0.05, 0.1) is 10.9 Å². The van der Waals surface area contributed by atoms with Crippen molar-refractivity contribution in [3.05, 3.63) is 58.3 Å². The quantitative estimate of drug-likeness (QED) is 0.643. The van der Waals surface area contributed by atoms with Gasteiger partial charge in [-0.2, -0.15) is 0 Å². The summed E-state index contributed by atoms with van der Waals surface area (Å²) >= 11 is 1.54. The molecule has 1 heterocycles. The van der Waals surface area contributed by atoms with E-state index in [-0.39, 0.29) is 11.3 Å². The molecule has 0 aliphatic rings. The van der Waals surface area contributed by atoms with Crippen LogP contribution in [0.25, 0.3) is 20.2 Å². The Hall–Kier alpha value is -2.20. The minimum Gasteiger partial charge on any atom is -0.345 e. The number of rotatable bonds is 1. The normalized spacial score (nSPS) is 10.9. The SMILES string of the molecule is CN(C)C(=O)c1cccc2sc3ccccc3c(=O)c12. The molecule has 0 N–H and O–H groups in total. The van der Waals surface area contributed by atoms with Gasteiger partial charge in [0, 0.05) is 28.9 Å². The van der Waals surface area contributed by atoms with Crippen molar-refractivity contribution < 1.29 is 4.79 Å². The van der Waals surface area contributed by atoms with Crippen LogP contribution in [0.3, 0.4) is 0 Å². The predicted octanol–water partition coefficient (Wildman–Crippen LogP) is 3.12. The summed E-state index contributed by atoms with van der Waals surface area (Å²) in [5, 5.41) is 1.19. The van der Waals surface area contributed by atoms with Crippen molar-refractivity contribution in [2.45, 2.75) is 0 Å². The van der Waals surface area contributed by atoms with Crippen LogP contribution in [-0.4, -0.2) is 24.9 Å². The molecular formula is C16H13NO2S. The maximum absolute atomic E-state index is 12.7. The van der Waals surface area contributed by atoms with Crippen molar-refractivity contribution >= 4 is 37.4 Å². The van der Waals surface area contributed by atoms with E-state index >= 15 is 0 Å². The van der Waals surface area contributed by atoms with E-state index in [0.29, 0.717) is 16.3 Å². The highest BCUT2D eigenvalue weighted by atomic mass is 32.1. The first kappa shape index (κ1) is 12.8. The van der Waals surface area contributed by atoms with Crippen LogP contribution >= 0.6 is 11.3 Å². The molecule has 1 amide bonds. The van der Waals surface area contributed by atoms with Crippen LogP contribution in [0.15, 0.2) is 47.3 Å². The lowest BCUT2D eigenvalue weighted by Crippen LogP contribution is -2.23. The van der Waals surface area contributed by atoms with Crippen LogP contribution in [0, 0.1) is 0 Å². The van der Waals surface area contributed by atoms with Gasteiger partial charge in [-0.05, 0) is 24.3 Å². The van der Waals surface area contributed by atoms with E-state index in [1.807, 2.05) is 36.4 Å². The maximum atomic E-state index is 12.7. The Morgan fingerprint density at radius 3 is 2.45 bits per heavy atom. The number of hydrogen-bond acceptors (Lipinski definition) is 3. The molecule has 0 fully saturated rings. The van der Waals surface area contributed by atoms with Gasteiger partial charge in [0.15, 0.2) is 5.43 Å². The summed E-state index contributed by atoms with van der Waals surface area (Å²) < 4.78 is 1.79. The van der Waals surface area contributed by atoms with Crippen LogP contribution < -0.4 is 5.43 Å². The highest BCUT2D eigenvalue weighted by Crippen LogP contribution is 2.26. The molecule has 1 aromatic heterocycles. The summed E-state index contributed by atoms with van der Waals surface area (Å²) in [6, 6.07) is 12.9. The Labute approximate surface area is 120 Å². The lowest BCUT2D eigenvalue weighted by atomic mass is 10.1. The number of carbonyl (C=O) groups is 1. The van der Waals surface area contributed by atoms with Crippen molar-refractivity contribution in [1.82, 2.24) is 4.90 Å². The van der Waals surface area contributed by atoms with Gasteiger partial charge < -0.3 is 4.90 Å². The Bertz CT molecular complexity index is 880. The van der Waals surface area contributed by atoms with Crippen molar-refractivity contribution in [2.75, 3.05) is 14.1 Å². The highest BCUT2D eigenvalue weighted by Gasteiger charge is 2.16. The maximum Gasteiger partial charge on any atom is 0.254 e. The van der Waals surface area contributed by atoms with Crippen molar-refractivity contribution in [3.8, 4) is 0 Å². The number of benzene rings is 2. The van der Waals surface area contributed by atoms with Crippen molar-refractivity contribution in [3.63, 3.8) is 0 Å². The van der Waals surface area contributed by atoms with E-state index in [1.54, 1.807) is 20.2 Å². The first-order valence-electron chi connectivity index (χ1n) is 6.26. The number of carbonyl (C=O) groups excluding carboxylic acids is 1. The second kappa shape index (κ2) is 4.72. The summed E-state index contributed by atoms with van der Waals surface area (Å²) in [5.41, 5.74) is 0.402. The molecule has 0 unspecified atom stereocenters. The fraction of sp³-hybridized carbons (Fsp3) is 0.125. The molecule has 0 saturated heterocycles. The van der Waals surface area contributed by atoms with Crippen molar-refractivity contribution in [2.24, 2.45) is 0 Å². The van der Waals surface area contributed by atoms with Gasteiger partial charge in [0.2, 0.25) is 0 Å². The minimum atomic E-state index is -0.143. The second-order valence-electron chi connectivity index (χ2n) is 4.81. The molecule has 0 radical (unpaired) electrons. The van der Waals surface area contributed by atoms with Crippen LogP contribution in [0.5, 0.6) is 0 Å². The number of amides is 1. The van der Waals surface area contributed by atoms with Crippen LogP contribution in [0.2, 0.25) is 0 Å². The van der Waals surface area contributed by atoms with Crippen molar-refractivity contribution in [1.29, 1.82) is 0 Å². The molecule has 20 heavy (non-hydrogen) atoms.